The summed E-state index contributed by atoms with van der Waals surface area (Å²) in [5.41, 5.74) is 2.06. The van der Waals surface area contributed by atoms with Gasteiger partial charge < -0.3 is 14.0 Å². The summed E-state index contributed by atoms with van der Waals surface area (Å²) >= 11 is 1.39. The van der Waals surface area contributed by atoms with Crippen LogP contribution in [0, 0.1) is 0 Å². The van der Waals surface area contributed by atoms with E-state index in [1.807, 2.05) is 66.9 Å². The van der Waals surface area contributed by atoms with Crippen LogP contribution >= 0.6 is 11.3 Å². The van der Waals surface area contributed by atoms with Gasteiger partial charge in [0.1, 0.15) is 11.3 Å². The highest BCUT2D eigenvalue weighted by atomic mass is 32.2. The summed E-state index contributed by atoms with van der Waals surface area (Å²) in [6.45, 7) is 6.18. The van der Waals surface area contributed by atoms with E-state index in [9.17, 15) is 13.2 Å². The van der Waals surface area contributed by atoms with Crippen molar-refractivity contribution in [2.24, 2.45) is 4.99 Å². The summed E-state index contributed by atoms with van der Waals surface area (Å²) in [6.07, 6.45) is 0. The van der Waals surface area contributed by atoms with Crippen molar-refractivity contribution >= 4 is 37.5 Å². The van der Waals surface area contributed by atoms with Crippen LogP contribution in [0.5, 0.6) is 5.75 Å². The number of hydrogen-bond donors (Lipinski definition) is 0. The summed E-state index contributed by atoms with van der Waals surface area (Å²) in [5.74, 6) is 0.266. The van der Waals surface area contributed by atoms with Crippen molar-refractivity contribution in [3.8, 4) is 5.75 Å². The van der Waals surface area contributed by atoms with E-state index in [4.69, 9.17) is 9.47 Å². The van der Waals surface area contributed by atoms with Crippen LogP contribution in [-0.4, -0.2) is 50.1 Å². The van der Waals surface area contributed by atoms with Crippen LogP contribution in [0.2, 0.25) is 0 Å². The number of nitrogens with zero attached hydrogens (tertiary/aromatic N) is 3. The lowest BCUT2D eigenvalue weighted by molar-refractivity contribution is 0.0996. The van der Waals surface area contributed by atoms with E-state index >= 15 is 0 Å². The monoisotopic (exact) mass is 553 g/mol. The number of rotatable bonds is 11. The Morgan fingerprint density at radius 3 is 2.39 bits per heavy atom. The minimum Gasteiger partial charge on any atom is -0.492 e. The van der Waals surface area contributed by atoms with Gasteiger partial charge in [-0.3, -0.25) is 4.79 Å². The van der Waals surface area contributed by atoms with E-state index in [0.717, 1.165) is 21.5 Å². The summed E-state index contributed by atoms with van der Waals surface area (Å²) in [6, 6.07) is 21.0. The normalized spacial score (nSPS) is 12.4. The number of thiazole rings is 1. The molecule has 8 nitrogen and oxygen atoms in total. The van der Waals surface area contributed by atoms with Gasteiger partial charge in [-0.15, -0.1) is 0 Å². The largest absolute Gasteiger partial charge is 0.492 e. The van der Waals surface area contributed by atoms with E-state index in [1.165, 1.54) is 47.0 Å². The minimum absolute atomic E-state index is 0.113. The first kappa shape index (κ1) is 27.7. The number of hydrogen-bond acceptors (Lipinski definition) is 6. The maximum absolute atomic E-state index is 13.1. The van der Waals surface area contributed by atoms with Crippen molar-refractivity contribution in [1.82, 2.24) is 8.87 Å². The topological polar surface area (TPSA) is 90.2 Å². The van der Waals surface area contributed by atoms with Gasteiger partial charge in [-0.25, -0.2) is 8.42 Å². The fourth-order valence-corrected chi connectivity index (χ4v) is 6.22. The first-order valence-corrected chi connectivity index (χ1v) is 14.6. The zero-order valence-electron chi connectivity index (χ0n) is 21.7. The maximum Gasteiger partial charge on any atom is 0.279 e. The average molecular weight is 554 g/mol. The van der Waals surface area contributed by atoms with Gasteiger partial charge in [0.05, 0.1) is 22.8 Å². The number of amides is 1. The lowest BCUT2D eigenvalue weighted by Gasteiger charge is -2.17. The molecule has 0 atom stereocenters. The summed E-state index contributed by atoms with van der Waals surface area (Å²) in [5, 5.41) is 0. The molecule has 0 aliphatic carbocycles. The van der Waals surface area contributed by atoms with Crippen molar-refractivity contribution in [3.05, 3.63) is 88.7 Å². The Kier molecular flexibility index (Phi) is 9.11. The van der Waals surface area contributed by atoms with Gasteiger partial charge in [-0.2, -0.15) is 9.30 Å². The number of sulfonamides is 1. The van der Waals surface area contributed by atoms with Crippen LogP contribution in [0.4, 0.5) is 0 Å². The third-order valence-electron chi connectivity index (χ3n) is 5.88. The highest BCUT2D eigenvalue weighted by molar-refractivity contribution is 7.89. The van der Waals surface area contributed by atoms with E-state index in [1.54, 1.807) is 0 Å². The molecule has 10 heteroatoms. The zero-order chi connectivity index (χ0) is 27.1. The van der Waals surface area contributed by atoms with Crippen molar-refractivity contribution < 1.29 is 22.7 Å². The second-order valence-electron chi connectivity index (χ2n) is 8.46. The summed E-state index contributed by atoms with van der Waals surface area (Å²) < 4.78 is 41.7. The van der Waals surface area contributed by atoms with Crippen molar-refractivity contribution in [2.45, 2.75) is 31.8 Å². The van der Waals surface area contributed by atoms with Crippen LogP contribution in [0.15, 0.2) is 82.7 Å². The fraction of sp³-hybridized carbons (Fsp3) is 0.286. The molecule has 1 heterocycles. The lowest BCUT2D eigenvalue weighted by atomic mass is 10.2. The van der Waals surface area contributed by atoms with E-state index in [0.29, 0.717) is 36.7 Å². The Morgan fingerprint density at radius 2 is 1.71 bits per heavy atom. The van der Waals surface area contributed by atoms with Crippen molar-refractivity contribution in [2.75, 3.05) is 26.9 Å². The average Bonchev–Trinajstić information content (AvgIpc) is 3.27. The van der Waals surface area contributed by atoms with Crippen LogP contribution in [-0.2, 0) is 27.8 Å². The predicted molar refractivity (Wildman–Crippen MR) is 149 cm³/mol. The molecular weight excluding hydrogens is 522 g/mol. The Bertz CT molecular complexity index is 1560. The number of fused-ring (bicyclic) bond motifs is 1. The predicted octanol–water partition coefficient (Wildman–Crippen LogP) is 4.70. The molecule has 0 radical (unpaired) electrons. The van der Waals surface area contributed by atoms with E-state index in [2.05, 4.69) is 4.99 Å². The molecule has 0 saturated carbocycles. The molecule has 0 spiro atoms. The van der Waals surface area contributed by atoms with Gasteiger partial charge in [0.15, 0.2) is 4.80 Å². The van der Waals surface area contributed by atoms with Gasteiger partial charge in [0.25, 0.3) is 5.91 Å². The van der Waals surface area contributed by atoms with Crippen LogP contribution < -0.4 is 9.54 Å². The fourth-order valence-electron chi connectivity index (χ4n) is 3.99. The second kappa shape index (κ2) is 12.5. The number of para-hydroxylation sites is 1. The zero-order valence-corrected chi connectivity index (χ0v) is 23.3. The Morgan fingerprint density at radius 1 is 0.974 bits per heavy atom. The molecule has 4 rings (SSSR count). The molecule has 0 aliphatic rings. The standard InChI is InChI=1S/C28H31N3O5S2/c1-4-35-19-18-31-26-24(36-5-2)12-9-13-25(26)37-28(31)29-27(32)22-14-16-23(17-15-22)38(33,34)30(3)20-21-10-7-6-8-11-21/h6-17H,4-5,18-20H2,1-3H3. The third-order valence-corrected chi connectivity index (χ3v) is 8.74. The van der Waals surface area contributed by atoms with Crippen LogP contribution in [0.25, 0.3) is 10.2 Å². The molecule has 38 heavy (non-hydrogen) atoms. The summed E-state index contributed by atoms with van der Waals surface area (Å²) in [4.78, 5) is 18.2. The molecule has 4 aromatic rings. The molecule has 0 bridgehead atoms. The number of carbonyl (C=O) groups excluding carboxylic acids is 1. The lowest BCUT2D eigenvalue weighted by Crippen LogP contribution is -2.26. The molecular formula is C28H31N3O5S2. The molecule has 1 aromatic heterocycles. The third kappa shape index (κ3) is 6.21. The van der Waals surface area contributed by atoms with Gasteiger partial charge >= 0.3 is 0 Å². The first-order valence-electron chi connectivity index (χ1n) is 12.4. The van der Waals surface area contributed by atoms with Gasteiger partial charge in [-0.05, 0) is 55.8 Å². The highest BCUT2D eigenvalue weighted by Crippen LogP contribution is 2.28. The first-order chi connectivity index (χ1) is 18.3. The van der Waals surface area contributed by atoms with Crippen LogP contribution in [0.1, 0.15) is 29.8 Å². The molecule has 0 aliphatic heterocycles. The number of aromatic nitrogens is 1. The van der Waals surface area contributed by atoms with Gasteiger partial charge in [0, 0.05) is 32.3 Å². The van der Waals surface area contributed by atoms with Crippen molar-refractivity contribution in [3.63, 3.8) is 0 Å². The molecule has 0 saturated heterocycles. The molecule has 0 unspecified atom stereocenters. The van der Waals surface area contributed by atoms with E-state index < -0.39 is 15.9 Å². The Balaban J connectivity index is 1.62. The molecule has 1 amide bonds. The van der Waals surface area contributed by atoms with Gasteiger partial charge in [-0.1, -0.05) is 47.7 Å². The molecule has 0 N–H and O–H groups in total. The Labute approximate surface area is 226 Å². The van der Waals surface area contributed by atoms with Crippen LogP contribution in [0.3, 0.4) is 0 Å². The maximum atomic E-state index is 13.1. The minimum atomic E-state index is -3.72. The SMILES string of the molecule is CCOCCn1c(=NC(=O)c2ccc(S(=O)(=O)N(C)Cc3ccccc3)cc2)sc2cccc(OCC)c21. The number of benzene rings is 3. The highest BCUT2D eigenvalue weighted by Gasteiger charge is 2.21. The second-order valence-corrected chi connectivity index (χ2v) is 11.5. The van der Waals surface area contributed by atoms with E-state index in [-0.39, 0.29) is 11.4 Å². The molecule has 200 valence electrons. The van der Waals surface area contributed by atoms with Gasteiger partial charge in [0.2, 0.25) is 10.0 Å². The molecule has 0 fully saturated rings. The quantitative estimate of drug-likeness (QED) is 0.251. The number of carbonyl (C=O) groups is 1. The smallest absolute Gasteiger partial charge is 0.279 e. The summed E-state index contributed by atoms with van der Waals surface area (Å²) in [7, 11) is -2.19. The number of ether oxygens (including phenoxy) is 2. The van der Waals surface area contributed by atoms with Crippen molar-refractivity contribution in [1.29, 1.82) is 0 Å². The molecule has 3 aromatic carbocycles. The Hall–Kier alpha value is -3.31.